The molecule has 0 amide bonds. The van der Waals surface area contributed by atoms with Crippen molar-refractivity contribution in [3.8, 4) is 5.75 Å². The molecule has 0 spiro atoms. The molecule has 0 saturated heterocycles. The van der Waals surface area contributed by atoms with Gasteiger partial charge in [-0.05, 0) is 62.8 Å². The van der Waals surface area contributed by atoms with Crippen molar-refractivity contribution in [2.75, 3.05) is 6.54 Å². The molecule has 2 nitrogen and oxygen atoms in total. The third-order valence-electron chi connectivity index (χ3n) is 3.86. The Morgan fingerprint density at radius 2 is 1.95 bits per heavy atom. The highest BCUT2D eigenvalue weighted by Crippen LogP contribution is 2.29. The number of hydrogen-bond donors (Lipinski definition) is 1. The Morgan fingerprint density at radius 1 is 1.21 bits per heavy atom. The lowest BCUT2D eigenvalue weighted by Crippen LogP contribution is -2.20. The lowest BCUT2D eigenvalue weighted by Gasteiger charge is -2.12. The first kappa shape index (κ1) is 14.4. The van der Waals surface area contributed by atoms with Gasteiger partial charge >= 0.3 is 0 Å². The normalized spacial score (nSPS) is 22.9. The molecule has 106 valence electrons. The molecule has 1 fully saturated rings. The van der Waals surface area contributed by atoms with E-state index in [0.29, 0.717) is 0 Å². The van der Waals surface area contributed by atoms with Crippen LogP contribution in [0.5, 0.6) is 5.75 Å². The zero-order valence-electron chi connectivity index (χ0n) is 12.5. The summed E-state index contributed by atoms with van der Waals surface area (Å²) in [6, 6.07) is 8.44. The van der Waals surface area contributed by atoms with Crippen LogP contribution in [0.1, 0.15) is 45.6 Å². The van der Waals surface area contributed by atoms with Crippen molar-refractivity contribution in [3.05, 3.63) is 29.8 Å². The Hall–Kier alpha value is -1.02. The number of rotatable bonds is 6. The maximum absolute atomic E-state index is 5.65. The summed E-state index contributed by atoms with van der Waals surface area (Å²) in [6.07, 6.45) is 4.45. The highest BCUT2D eigenvalue weighted by atomic mass is 16.5. The largest absolute Gasteiger partial charge is 0.491 e. The monoisotopic (exact) mass is 261 g/mol. The molecule has 1 aromatic carbocycles. The second kappa shape index (κ2) is 6.95. The van der Waals surface area contributed by atoms with E-state index in [0.717, 1.165) is 30.7 Å². The van der Waals surface area contributed by atoms with Crippen LogP contribution >= 0.6 is 0 Å². The molecule has 2 unspecified atom stereocenters. The predicted molar refractivity (Wildman–Crippen MR) is 80.4 cm³/mol. The quantitative estimate of drug-likeness (QED) is 0.835. The van der Waals surface area contributed by atoms with Crippen LogP contribution in [0.3, 0.4) is 0 Å². The van der Waals surface area contributed by atoms with Gasteiger partial charge in [0.15, 0.2) is 0 Å². The van der Waals surface area contributed by atoms with Crippen molar-refractivity contribution in [1.82, 2.24) is 5.32 Å². The SMILES string of the molecule is CC1CCC(CNCc2ccc(OC(C)C)cc2)C1. The van der Waals surface area contributed by atoms with Gasteiger partial charge < -0.3 is 10.1 Å². The molecule has 0 radical (unpaired) electrons. The highest BCUT2D eigenvalue weighted by Gasteiger charge is 2.20. The standard InChI is InChI=1S/C17H27NO/c1-13(2)19-17-8-6-15(7-9-17)11-18-12-16-5-4-14(3)10-16/h6-9,13-14,16,18H,4-5,10-12H2,1-3H3. The van der Waals surface area contributed by atoms with Gasteiger partial charge in [0.25, 0.3) is 0 Å². The first-order valence-corrected chi connectivity index (χ1v) is 7.60. The maximum Gasteiger partial charge on any atom is 0.119 e. The van der Waals surface area contributed by atoms with Gasteiger partial charge in [0, 0.05) is 6.54 Å². The van der Waals surface area contributed by atoms with E-state index in [1.165, 1.54) is 24.8 Å². The summed E-state index contributed by atoms with van der Waals surface area (Å²) in [4.78, 5) is 0. The lowest BCUT2D eigenvalue weighted by molar-refractivity contribution is 0.242. The van der Waals surface area contributed by atoms with Crippen molar-refractivity contribution >= 4 is 0 Å². The van der Waals surface area contributed by atoms with Crippen LogP contribution in [-0.4, -0.2) is 12.6 Å². The Balaban J connectivity index is 1.71. The number of ether oxygens (including phenoxy) is 1. The van der Waals surface area contributed by atoms with Gasteiger partial charge in [-0.3, -0.25) is 0 Å². The van der Waals surface area contributed by atoms with E-state index in [2.05, 4.69) is 50.4 Å². The van der Waals surface area contributed by atoms with E-state index in [4.69, 9.17) is 4.74 Å². The molecular formula is C17H27NO. The predicted octanol–water partition coefficient (Wildman–Crippen LogP) is 4.00. The molecule has 2 atom stereocenters. The van der Waals surface area contributed by atoms with E-state index in [1.54, 1.807) is 0 Å². The summed E-state index contributed by atoms with van der Waals surface area (Å²) in [6.45, 7) is 8.60. The van der Waals surface area contributed by atoms with Gasteiger partial charge in [0.05, 0.1) is 6.10 Å². The molecule has 1 aliphatic rings. The molecule has 0 aromatic heterocycles. The van der Waals surface area contributed by atoms with Crippen LogP contribution in [0.15, 0.2) is 24.3 Å². The summed E-state index contributed by atoms with van der Waals surface area (Å²) in [7, 11) is 0. The van der Waals surface area contributed by atoms with E-state index >= 15 is 0 Å². The lowest BCUT2D eigenvalue weighted by atomic mass is 10.1. The van der Waals surface area contributed by atoms with Crippen LogP contribution in [0.25, 0.3) is 0 Å². The minimum atomic E-state index is 0.244. The topological polar surface area (TPSA) is 21.3 Å². The molecule has 1 N–H and O–H groups in total. The van der Waals surface area contributed by atoms with Crippen molar-refractivity contribution < 1.29 is 4.74 Å². The Bertz CT molecular complexity index is 371. The fourth-order valence-electron chi connectivity index (χ4n) is 2.89. The molecule has 1 saturated carbocycles. The van der Waals surface area contributed by atoms with E-state index in [9.17, 15) is 0 Å². The van der Waals surface area contributed by atoms with Gasteiger partial charge in [-0.15, -0.1) is 0 Å². The van der Waals surface area contributed by atoms with Gasteiger partial charge in [0.2, 0.25) is 0 Å². The third kappa shape index (κ3) is 4.87. The van der Waals surface area contributed by atoms with Gasteiger partial charge in [0.1, 0.15) is 5.75 Å². The summed E-state index contributed by atoms with van der Waals surface area (Å²) >= 11 is 0. The van der Waals surface area contributed by atoms with Gasteiger partial charge in [-0.25, -0.2) is 0 Å². The first-order valence-electron chi connectivity index (χ1n) is 7.60. The first-order chi connectivity index (χ1) is 9.13. The number of benzene rings is 1. The fraction of sp³-hybridized carbons (Fsp3) is 0.647. The van der Waals surface area contributed by atoms with Crippen LogP contribution in [-0.2, 0) is 6.54 Å². The Labute approximate surface area is 117 Å². The van der Waals surface area contributed by atoms with E-state index in [-0.39, 0.29) is 6.10 Å². The molecular weight excluding hydrogens is 234 g/mol. The minimum absolute atomic E-state index is 0.244. The Kier molecular flexibility index (Phi) is 5.26. The summed E-state index contributed by atoms with van der Waals surface area (Å²) in [5.41, 5.74) is 1.34. The molecule has 1 aliphatic carbocycles. The van der Waals surface area contributed by atoms with Crippen LogP contribution in [0, 0.1) is 11.8 Å². The van der Waals surface area contributed by atoms with Crippen LogP contribution in [0.4, 0.5) is 0 Å². The average Bonchev–Trinajstić information content (AvgIpc) is 2.77. The van der Waals surface area contributed by atoms with Crippen LogP contribution in [0.2, 0.25) is 0 Å². The molecule has 0 aliphatic heterocycles. The van der Waals surface area contributed by atoms with E-state index < -0.39 is 0 Å². The molecule has 2 rings (SSSR count). The maximum atomic E-state index is 5.65. The zero-order chi connectivity index (χ0) is 13.7. The fourth-order valence-corrected chi connectivity index (χ4v) is 2.89. The molecule has 0 bridgehead atoms. The van der Waals surface area contributed by atoms with Crippen molar-refractivity contribution in [1.29, 1.82) is 0 Å². The molecule has 19 heavy (non-hydrogen) atoms. The summed E-state index contributed by atoms with van der Waals surface area (Å²) in [5, 5.41) is 3.58. The average molecular weight is 261 g/mol. The second-order valence-electron chi connectivity index (χ2n) is 6.23. The second-order valence-corrected chi connectivity index (χ2v) is 6.23. The van der Waals surface area contributed by atoms with Crippen molar-refractivity contribution in [2.45, 2.75) is 52.7 Å². The van der Waals surface area contributed by atoms with Gasteiger partial charge in [-0.1, -0.05) is 25.5 Å². The third-order valence-corrected chi connectivity index (χ3v) is 3.86. The molecule has 2 heteroatoms. The van der Waals surface area contributed by atoms with Crippen molar-refractivity contribution in [3.63, 3.8) is 0 Å². The Morgan fingerprint density at radius 3 is 2.53 bits per heavy atom. The molecule has 0 heterocycles. The summed E-state index contributed by atoms with van der Waals surface area (Å²) < 4.78 is 5.65. The minimum Gasteiger partial charge on any atom is -0.491 e. The van der Waals surface area contributed by atoms with Gasteiger partial charge in [-0.2, -0.15) is 0 Å². The smallest absolute Gasteiger partial charge is 0.119 e. The summed E-state index contributed by atoms with van der Waals surface area (Å²) in [5.74, 6) is 2.78. The van der Waals surface area contributed by atoms with Crippen molar-refractivity contribution in [2.24, 2.45) is 11.8 Å². The molecule has 1 aromatic rings. The zero-order valence-corrected chi connectivity index (χ0v) is 12.5. The number of hydrogen-bond acceptors (Lipinski definition) is 2. The van der Waals surface area contributed by atoms with E-state index in [1.807, 2.05) is 0 Å². The number of nitrogens with one attached hydrogen (secondary N) is 1. The van der Waals surface area contributed by atoms with Crippen LogP contribution < -0.4 is 10.1 Å². The highest BCUT2D eigenvalue weighted by molar-refractivity contribution is 5.27.